The molecule has 3 fully saturated rings. The smallest absolute Gasteiger partial charge is 0.313 e. The van der Waals surface area contributed by atoms with Gasteiger partial charge in [0.15, 0.2) is 12.6 Å². The Bertz CT molecular complexity index is 1350. The van der Waals surface area contributed by atoms with E-state index in [0.29, 0.717) is 40.3 Å². The van der Waals surface area contributed by atoms with Gasteiger partial charge >= 0.3 is 5.97 Å². The molecular formula is C30H34F2N4O2. The number of rotatable bonds is 7. The van der Waals surface area contributed by atoms with E-state index in [1.54, 1.807) is 39.0 Å². The second-order valence-corrected chi connectivity index (χ2v) is 11.6. The molecule has 0 spiro atoms. The molecule has 0 amide bonds. The first kappa shape index (κ1) is 26.2. The minimum atomic E-state index is -0.613. The molecule has 3 aromatic rings. The summed E-state index contributed by atoms with van der Waals surface area (Å²) >= 11 is 0. The third kappa shape index (κ3) is 5.14. The minimum Gasteiger partial charge on any atom is -0.442 e. The summed E-state index contributed by atoms with van der Waals surface area (Å²) < 4.78 is 36.9. The number of benzene rings is 2. The van der Waals surface area contributed by atoms with E-state index in [9.17, 15) is 4.79 Å². The number of fused-ring (bicyclic) bond motifs is 2. The number of hydrogen-bond acceptors (Lipinski definition) is 5. The molecule has 38 heavy (non-hydrogen) atoms. The van der Waals surface area contributed by atoms with E-state index in [4.69, 9.17) is 4.74 Å². The van der Waals surface area contributed by atoms with E-state index in [2.05, 4.69) is 28.9 Å². The molecule has 200 valence electrons. The molecule has 8 heteroatoms. The Hall–Kier alpha value is -3.39. The van der Waals surface area contributed by atoms with E-state index in [-0.39, 0.29) is 30.9 Å². The van der Waals surface area contributed by atoms with Crippen LogP contribution in [0.5, 0.6) is 0 Å². The van der Waals surface area contributed by atoms with Gasteiger partial charge in [0.1, 0.15) is 18.0 Å². The van der Waals surface area contributed by atoms with Crippen molar-refractivity contribution in [2.75, 3.05) is 0 Å². The predicted molar refractivity (Wildman–Crippen MR) is 142 cm³/mol. The molecule has 0 saturated heterocycles. The lowest BCUT2D eigenvalue weighted by Gasteiger charge is -2.52. The van der Waals surface area contributed by atoms with Crippen molar-refractivity contribution >= 4 is 5.97 Å². The first-order valence-electron chi connectivity index (χ1n) is 13.1. The van der Waals surface area contributed by atoms with Crippen LogP contribution in [0.2, 0.25) is 0 Å². The van der Waals surface area contributed by atoms with Crippen LogP contribution in [0.4, 0.5) is 8.78 Å². The SMILES string of the molecule is C=C1[C@H]2C[C@@H](NCc3c(F)cc(-c4cccc(-c5ncn(COC(=O)C(C)(C)C)n5)c4)cc3F)[C@H](C)[C@H]1C2. The molecule has 0 unspecified atom stereocenters. The predicted octanol–water partition coefficient (Wildman–Crippen LogP) is 6.13. The van der Waals surface area contributed by atoms with Crippen molar-refractivity contribution in [3.05, 3.63) is 72.1 Å². The van der Waals surface area contributed by atoms with Crippen molar-refractivity contribution in [1.82, 2.24) is 20.1 Å². The summed E-state index contributed by atoms with van der Waals surface area (Å²) in [5.74, 6) is 0.423. The second kappa shape index (κ2) is 10.1. The maximum Gasteiger partial charge on any atom is 0.313 e. The summed E-state index contributed by atoms with van der Waals surface area (Å²) in [7, 11) is 0. The zero-order valence-corrected chi connectivity index (χ0v) is 22.3. The summed E-state index contributed by atoms with van der Waals surface area (Å²) in [5.41, 5.74) is 2.55. The molecule has 1 aromatic heterocycles. The van der Waals surface area contributed by atoms with Crippen LogP contribution in [0.3, 0.4) is 0 Å². The number of nitrogens with zero attached hydrogens (tertiary/aromatic N) is 3. The summed E-state index contributed by atoms with van der Waals surface area (Å²) in [6.07, 6.45) is 3.65. The van der Waals surface area contributed by atoms with E-state index < -0.39 is 17.0 Å². The van der Waals surface area contributed by atoms with Gasteiger partial charge in [-0.3, -0.25) is 4.79 Å². The Morgan fingerprint density at radius 3 is 2.50 bits per heavy atom. The molecule has 6 nitrogen and oxygen atoms in total. The number of carbonyl (C=O) groups is 1. The zero-order valence-electron chi connectivity index (χ0n) is 22.3. The van der Waals surface area contributed by atoms with Crippen LogP contribution < -0.4 is 5.32 Å². The van der Waals surface area contributed by atoms with Gasteiger partial charge in [0.25, 0.3) is 0 Å². The fourth-order valence-corrected chi connectivity index (χ4v) is 5.46. The fraction of sp³-hybridized carbons (Fsp3) is 0.433. The van der Waals surface area contributed by atoms with Crippen molar-refractivity contribution in [3.8, 4) is 22.5 Å². The highest BCUT2D eigenvalue weighted by Gasteiger charge is 2.46. The van der Waals surface area contributed by atoms with Crippen LogP contribution in [0.15, 0.2) is 54.9 Å². The standard InChI is InChI=1S/C30H34F2N4O2/c1-17-21-10-23(17)18(2)27(13-21)33-14-24-25(31)11-22(12-26(24)32)19-7-6-8-20(9-19)28-34-15-36(35-28)16-38-29(37)30(3,4)5/h6-9,11-12,15,18,21,23,27,33H,1,10,13-14,16H2,2-5H3/t18-,21-,23+,27-/m1/s1. The first-order valence-corrected chi connectivity index (χ1v) is 13.1. The second-order valence-electron chi connectivity index (χ2n) is 11.6. The molecule has 0 aliphatic heterocycles. The maximum atomic E-state index is 15.1. The van der Waals surface area contributed by atoms with Crippen LogP contribution in [0.1, 0.15) is 46.1 Å². The van der Waals surface area contributed by atoms with Gasteiger partial charge in [-0.15, -0.1) is 5.10 Å². The lowest BCUT2D eigenvalue weighted by molar-refractivity contribution is -0.157. The molecule has 4 atom stereocenters. The maximum absolute atomic E-state index is 15.1. The summed E-state index contributed by atoms with van der Waals surface area (Å²) in [4.78, 5) is 16.3. The van der Waals surface area contributed by atoms with Gasteiger partial charge < -0.3 is 10.1 Å². The van der Waals surface area contributed by atoms with Gasteiger partial charge in [-0.1, -0.05) is 37.3 Å². The van der Waals surface area contributed by atoms with Crippen LogP contribution >= 0.6 is 0 Å². The van der Waals surface area contributed by atoms with Gasteiger partial charge in [0.05, 0.1) is 5.41 Å². The molecule has 1 N–H and O–H groups in total. The molecule has 0 radical (unpaired) electrons. The number of carbonyl (C=O) groups excluding carboxylic acids is 1. The largest absolute Gasteiger partial charge is 0.442 e. The summed E-state index contributed by atoms with van der Waals surface area (Å²) in [6.45, 7) is 11.8. The molecule has 2 bridgehead atoms. The van der Waals surface area contributed by atoms with Crippen LogP contribution in [-0.4, -0.2) is 26.8 Å². The number of hydrogen-bond donors (Lipinski definition) is 1. The molecule has 2 aromatic carbocycles. The average Bonchev–Trinajstić information content (AvgIpc) is 3.35. The topological polar surface area (TPSA) is 69.0 Å². The van der Waals surface area contributed by atoms with E-state index in [1.165, 1.54) is 35.1 Å². The van der Waals surface area contributed by atoms with Gasteiger partial charge in [0.2, 0.25) is 0 Å². The number of esters is 1. The third-order valence-corrected chi connectivity index (χ3v) is 7.96. The van der Waals surface area contributed by atoms with Gasteiger partial charge in [-0.05, 0) is 80.7 Å². The average molecular weight is 521 g/mol. The van der Waals surface area contributed by atoms with Crippen LogP contribution in [0.25, 0.3) is 22.5 Å². The minimum absolute atomic E-state index is 0.0512. The molecular weight excluding hydrogens is 486 g/mol. The van der Waals surface area contributed by atoms with Gasteiger partial charge in [-0.2, -0.15) is 0 Å². The Balaban J connectivity index is 1.27. The molecule has 3 aliphatic carbocycles. The summed E-state index contributed by atoms with van der Waals surface area (Å²) in [6, 6.07) is 10.2. The van der Waals surface area contributed by atoms with Crippen molar-refractivity contribution in [3.63, 3.8) is 0 Å². The highest BCUT2D eigenvalue weighted by Crippen LogP contribution is 2.52. The number of allylic oxidation sites excluding steroid dienone is 1. The number of nitrogens with one attached hydrogen (secondary N) is 1. The van der Waals surface area contributed by atoms with Crippen molar-refractivity contribution < 1.29 is 18.3 Å². The van der Waals surface area contributed by atoms with Gasteiger partial charge in [0, 0.05) is 23.7 Å². The fourth-order valence-electron chi connectivity index (χ4n) is 5.46. The Morgan fingerprint density at radius 1 is 1.13 bits per heavy atom. The van der Waals surface area contributed by atoms with E-state index in [1.807, 2.05) is 6.07 Å². The Kier molecular flexibility index (Phi) is 6.94. The molecule has 3 saturated carbocycles. The van der Waals surface area contributed by atoms with Crippen molar-refractivity contribution in [2.45, 2.75) is 59.9 Å². The third-order valence-electron chi connectivity index (χ3n) is 7.96. The van der Waals surface area contributed by atoms with Crippen LogP contribution in [-0.2, 0) is 22.8 Å². The first-order chi connectivity index (χ1) is 18.0. The number of halogens is 2. The Morgan fingerprint density at radius 2 is 1.84 bits per heavy atom. The van der Waals surface area contributed by atoms with E-state index in [0.717, 1.165) is 6.42 Å². The van der Waals surface area contributed by atoms with Crippen molar-refractivity contribution in [2.24, 2.45) is 23.2 Å². The molecule has 3 aliphatic rings. The zero-order chi connectivity index (χ0) is 27.2. The van der Waals surface area contributed by atoms with E-state index >= 15 is 8.78 Å². The quantitative estimate of drug-likeness (QED) is 0.300. The Labute approximate surface area is 222 Å². The summed E-state index contributed by atoms with van der Waals surface area (Å²) in [5, 5.41) is 7.77. The lowest BCUT2D eigenvalue weighted by atomic mass is 9.56. The highest BCUT2D eigenvalue weighted by molar-refractivity contribution is 5.75. The molecule has 6 rings (SSSR count). The normalized spacial score (nSPS) is 22.7. The molecule has 1 heterocycles. The monoisotopic (exact) mass is 520 g/mol. The van der Waals surface area contributed by atoms with Gasteiger partial charge in [-0.25, -0.2) is 18.4 Å². The van der Waals surface area contributed by atoms with Crippen LogP contribution in [0, 0.1) is 34.8 Å². The number of ether oxygens (including phenoxy) is 1. The highest BCUT2D eigenvalue weighted by atomic mass is 19.1. The lowest BCUT2D eigenvalue weighted by Crippen LogP contribution is -2.51. The van der Waals surface area contributed by atoms with Crippen molar-refractivity contribution in [1.29, 1.82) is 0 Å². The number of aromatic nitrogens is 3.